The van der Waals surface area contributed by atoms with E-state index in [2.05, 4.69) is 38.6 Å². The molecule has 0 aliphatic carbocycles. The van der Waals surface area contributed by atoms with E-state index in [9.17, 15) is 0 Å². The van der Waals surface area contributed by atoms with Crippen LogP contribution in [0.1, 0.15) is 23.6 Å². The van der Waals surface area contributed by atoms with Gasteiger partial charge < -0.3 is 24.4 Å². The summed E-state index contributed by atoms with van der Waals surface area (Å²) in [6.45, 7) is 0. The Morgan fingerprint density at radius 2 is 1.42 bits per heavy atom. The average Bonchev–Trinajstić information content (AvgIpc) is 3.30. The molecule has 0 bridgehead atoms. The third kappa shape index (κ3) is 4.61. The van der Waals surface area contributed by atoms with Gasteiger partial charge in [-0.25, -0.2) is 0 Å². The van der Waals surface area contributed by atoms with E-state index in [1.165, 1.54) is 0 Å². The van der Waals surface area contributed by atoms with Crippen LogP contribution in [0.3, 0.4) is 0 Å². The van der Waals surface area contributed by atoms with Crippen molar-refractivity contribution in [3.8, 4) is 28.7 Å². The average molecular weight is 483 g/mol. The molecule has 4 rings (SSSR count). The maximum atomic E-state index is 5.90. The number of benzene rings is 3. The number of hydrogen-bond acceptors (Lipinski definition) is 6. The van der Waals surface area contributed by atoms with Crippen LogP contribution < -0.4 is 24.4 Å². The second kappa shape index (κ2) is 9.31. The van der Waals surface area contributed by atoms with Crippen molar-refractivity contribution in [2.24, 2.45) is 5.10 Å². The zero-order valence-corrected chi connectivity index (χ0v) is 19.1. The predicted octanol–water partition coefficient (Wildman–Crippen LogP) is 5.71. The minimum absolute atomic E-state index is 0.0795. The fourth-order valence-electron chi connectivity index (χ4n) is 3.47. The topological polar surface area (TPSA) is 61.3 Å². The summed E-state index contributed by atoms with van der Waals surface area (Å²) in [4.78, 5) is 0. The summed E-state index contributed by atoms with van der Waals surface area (Å²) in [6, 6.07) is 19.7. The zero-order chi connectivity index (χ0) is 21.8. The van der Waals surface area contributed by atoms with Crippen LogP contribution in [-0.2, 0) is 0 Å². The molecular formula is C24H23BrN2O4. The molecule has 0 saturated heterocycles. The quantitative estimate of drug-likeness (QED) is 0.467. The van der Waals surface area contributed by atoms with Crippen molar-refractivity contribution in [2.45, 2.75) is 12.5 Å². The first-order valence-electron chi connectivity index (χ1n) is 9.77. The normalized spacial score (nSPS) is 15.1. The highest BCUT2D eigenvalue weighted by atomic mass is 79.9. The highest BCUT2D eigenvalue weighted by Gasteiger charge is 2.24. The molecule has 0 spiro atoms. The summed E-state index contributed by atoms with van der Waals surface area (Å²) >= 11 is 3.43. The Morgan fingerprint density at radius 1 is 0.839 bits per heavy atom. The number of rotatable bonds is 7. The van der Waals surface area contributed by atoms with Crippen molar-refractivity contribution in [3.63, 3.8) is 0 Å². The van der Waals surface area contributed by atoms with E-state index in [-0.39, 0.29) is 6.04 Å². The first-order valence-corrected chi connectivity index (χ1v) is 10.6. The van der Waals surface area contributed by atoms with E-state index in [1.807, 2.05) is 48.5 Å². The fraction of sp³-hybridized carbons (Fsp3) is 0.208. The van der Waals surface area contributed by atoms with Crippen LogP contribution >= 0.6 is 15.9 Å². The maximum absolute atomic E-state index is 5.90. The number of hydrazone groups is 1. The van der Waals surface area contributed by atoms with Crippen molar-refractivity contribution in [2.75, 3.05) is 21.3 Å². The molecule has 1 heterocycles. The number of ether oxygens (including phenoxy) is 4. The Hall–Kier alpha value is -3.19. The third-order valence-corrected chi connectivity index (χ3v) is 5.61. The Bertz CT molecular complexity index is 1060. The van der Waals surface area contributed by atoms with Crippen LogP contribution in [-0.4, -0.2) is 27.0 Å². The van der Waals surface area contributed by atoms with E-state index in [1.54, 1.807) is 21.3 Å². The first kappa shape index (κ1) is 21.1. The lowest BCUT2D eigenvalue weighted by Gasteiger charge is -2.14. The van der Waals surface area contributed by atoms with Gasteiger partial charge in [0.25, 0.3) is 0 Å². The van der Waals surface area contributed by atoms with Gasteiger partial charge in [0.2, 0.25) is 5.75 Å². The van der Waals surface area contributed by atoms with Crippen molar-refractivity contribution in [1.82, 2.24) is 5.43 Å². The van der Waals surface area contributed by atoms with Gasteiger partial charge in [0.05, 0.1) is 33.1 Å². The van der Waals surface area contributed by atoms with E-state index in [0.29, 0.717) is 17.2 Å². The Balaban J connectivity index is 1.46. The molecule has 0 fully saturated rings. The molecule has 1 atom stereocenters. The van der Waals surface area contributed by atoms with Crippen molar-refractivity contribution in [3.05, 3.63) is 76.3 Å². The molecule has 1 N–H and O–H groups in total. The molecule has 31 heavy (non-hydrogen) atoms. The number of hydrogen-bond donors (Lipinski definition) is 1. The van der Waals surface area contributed by atoms with Gasteiger partial charge in [0, 0.05) is 16.5 Å². The minimum Gasteiger partial charge on any atom is -0.493 e. The molecule has 160 valence electrons. The Morgan fingerprint density at radius 3 is 1.97 bits per heavy atom. The molecular weight excluding hydrogens is 460 g/mol. The van der Waals surface area contributed by atoms with Gasteiger partial charge in [0.1, 0.15) is 11.5 Å². The second-order valence-electron chi connectivity index (χ2n) is 6.98. The Labute approximate surface area is 189 Å². The third-order valence-electron chi connectivity index (χ3n) is 5.08. The molecule has 3 aromatic rings. The summed E-state index contributed by atoms with van der Waals surface area (Å²) < 4.78 is 23.3. The predicted molar refractivity (Wildman–Crippen MR) is 124 cm³/mol. The van der Waals surface area contributed by atoms with Crippen LogP contribution in [0.5, 0.6) is 28.7 Å². The number of methoxy groups -OCH3 is 3. The van der Waals surface area contributed by atoms with E-state index >= 15 is 0 Å². The van der Waals surface area contributed by atoms with E-state index < -0.39 is 0 Å². The van der Waals surface area contributed by atoms with Crippen LogP contribution in [0, 0.1) is 0 Å². The molecule has 0 radical (unpaired) electrons. The van der Waals surface area contributed by atoms with Crippen molar-refractivity contribution in [1.29, 1.82) is 0 Å². The van der Waals surface area contributed by atoms with Crippen LogP contribution in [0.15, 0.2) is 70.2 Å². The summed E-state index contributed by atoms with van der Waals surface area (Å²) in [5, 5.41) is 4.55. The molecule has 1 aliphatic heterocycles. The monoisotopic (exact) mass is 482 g/mol. The molecule has 0 amide bonds. The minimum atomic E-state index is 0.0795. The molecule has 1 unspecified atom stereocenters. The van der Waals surface area contributed by atoms with Crippen LogP contribution in [0.2, 0.25) is 0 Å². The SMILES string of the molecule is COc1cc(C2=NNC(c3ccc(Oc4ccc(Br)cc4)cc3)C2)cc(OC)c1OC. The van der Waals surface area contributed by atoms with E-state index in [4.69, 9.17) is 18.9 Å². The molecule has 6 nitrogen and oxygen atoms in total. The van der Waals surface area contributed by atoms with Gasteiger partial charge in [0.15, 0.2) is 11.5 Å². The maximum Gasteiger partial charge on any atom is 0.203 e. The largest absolute Gasteiger partial charge is 0.493 e. The van der Waals surface area contributed by atoms with Crippen molar-refractivity contribution < 1.29 is 18.9 Å². The molecule has 0 saturated carbocycles. The molecule has 7 heteroatoms. The first-order chi connectivity index (χ1) is 15.1. The lowest BCUT2D eigenvalue weighted by molar-refractivity contribution is 0.324. The standard InChI is InChI=1S/C24H23BrN2O4/c1-28-22-12-16(13-23(29-2)24(22)30-3)21-14-20(26-27-21)15-4-8-18(9-5-15)31-19-10-6-17(25)7-11-19/h4-13,20,26H,14H2,1-3H3. The highest BCUT2D eigenvalue weighted by molar-refractivity contribution is 9.10. The van der Waals surface area contributed by atoms with Gasteiger partial charge in [-0.3, -0.25) is 0 Å². The summed E-state index contributed by atoms with van der Waals surface area (Å²) in [7, 11) is 4.81. The molecule has 3 aromatic carbocycles. The summed E-state index contributed by atoms with van der Waals surface area (Å²) in [6.07, 6.45) is 0.742. The van der Waals surface area contributed by atoms with Crippen molar-refractivity contribution >= 4 is 21.6 Å². The van der Waals surface area contributed by atoms with Gasteiger partial charge in [-0.2, -0.15) is 5.10 Å². The number of nitrogens with zero attached hydrogens (tertiary/aromatic N) is 1. The fourth-order valence-corrected chi connectivity index (χ4v) is 3.73. The molecule has 0 aromatic heterocycles. The summed E-state index contributed by atoms with van der Waals surface area (Å²) in [5.74, 6) is 3.37. The highest BCUT2D eigenvalue weighted by Crippen LogP contribution is 2.39. The smallest absolute Gasteiger partial charge is 0.203 e. The lowest BCUT2D eigenvalue weighted by atomic mass is 9.98. The van der Waals surface area contributed by atoms with Gasteiger partial charge in [-0.15, -0.1) is 0 Å². The second-order valence-corrected chi connectivity index (χ2v) is 7.90. The van der Waals surface area contributed by atoms with Gasteiger partial charge in [-0.05, 0) is 54.1 Å². The number of halogens is 1. The summed E-state index contributed by atoms with van der Waals surface area (Å²) in [5.41, 5.74) is 6.22. The van der Waals surface area contributed by atoms with Gasteiger partial charge in [-0.1, -0.05) is 28.1 Å². The van der Waals surface area contributed by atoms with Gasteiger partial charge >= 0.3 is 0 Å². The molecule has 1 aliphatic rings. The zero-order valence-electron chi connectivity index (χ0n) is 17.5. The van der Waals surface area contributed by atoms with E-state index in [0.717, 1.165) is 39.2 Å². The van der Waals surface area contributed by atoms with Crippen LogP contribution in [0.4, 0.5) is 0 Å². The number of nitrogens with one attached hydrogen (secondary N) is 1. The Kier molecular flexibility index (Phi) is 6.32. The lowest BCUT2D eigenvalue weighted by Crippen LogP contribution is -2.09. The van der Waals surface area contributed by atoms with Crippen LogP contribution in [0.25, 0.3) is 0 Å².